The lowest BCUT2D eigenvalue weighted by atomic mass is 9.89. The third-order valence-electron chi connectivity index (χ3n) is 3.78. The van der Waals surface area contributed by atoms with Crippen molar-refractivity contribution < 1.29 is 46.1 Å². The molecule has 2 aromatic rings. The van der Waals surface area contributed by atoms with Crippen molar-refractivity contribution in [1.29, 1.82) is 0 Å². The summed E-state index contributed by atoms with van der Waals surface area (Å²) in [4.78, 5) is 22.6. The van der Waals surface area contributed by atoms with Crippen molar-refractivity contribution in [2.45, 2.75) is 18.8 Å². The minimum Gasteiger partial charge on any atom is -0.478 e. The van der Waals surface area contributed by atoms with Crippen LogP contribution < -0.4 is 0 Å². The Morgan fingerprint density at radius 3 is 1.30 bits per heavy atom. The Morgan fingerprint density at radius 2 is 1.04 bits per heavy atom. The van der Waals surface area contributed by atoms with Crippen LogP contribution in [0.15, 0.2) is 36.4 Å². The molecule has 0 unspecified atom stereocenters. The van der Waals surface area contributed by atoms with Gasteiger partial charge in [0.15, 0.2) is 0 Å². The summed E-state index contributed by atoms with van der Waals surface area (Å²) in [6, 6.07) is 4.29. The van der Waals surface area contributed by atoms with E-state index in [0.717, 1.165) is 24.3 Å². The molecule has 0 atom stereocenters. The standard InChI is InChI=1S/C17H10F6O4/c18-16(19,20)12-5-1-3-8(14(24)25)10(12)7-11-9(15(26)27)4-2-6-13(11)17(21,22)23/h1-6H,7H2,(H,24,25)(H,26,27). The van der Waals surface area contributed by atoms with Crippen LogP contribution in [0.25, 0.3) is 0 Å². The van der Waals surface area contributed by atoms with Gasteiger partial charge >= 0.3 is 24.3 Å². The van der Waals surface area contributed by atoms with Gasteiger partial charge in [-0.25, -0.2) is 9.59 Å². The lowest BCUT2D eigenvalue weighted by Gasteiger charge is -2.19. The zero-order valence-electron chi connectivity index (χ0n) is 13.1. The van der Waals surface area contributed by atoms with E-state index in [4.69, 9.17) is 10.2 Å². The van der Waals surface area contributed by atoms with Crippen LogP contribution in [0.1, 0.15) is 43.0 Å². The van der Waals surface area contributed by atoms with Gasteiger partial charge in [0.25, 0.3) is 0 Å². The van der Waals surface area contributed by atoms with E-state index in [-0.39, 0.29) is 0 Å². The Balaban J connectivity index is 2.81. The van der Waals surface area contributed by atoms with Crippen LogP contribution in [-0.2, 0) is 18.8 Å². The highest BCUT2D eigenvalue weighted by atomic mass is 19.4. The Morgan fingerprint density at radius 1 is 0.704 bits per heavy atom. The second-order valence-corrected chi connectivity index (χ2v) is 5.45. The molecule has 0 saturated carbocycles. The second-order valence-electron chi connectivity index (χ2n) is 5.45. The summed E-state index contributed by atoms with van der Waals surface area (Å²) in [5, 5.41) is 18.3. The molecule has 2 aromatic carbocycles. The molecule has 0 fully saturated rings. The molecule has 10 heteroatoms. The molecule has 0 bridgehead atoms. The molecule has 2 N–H and O–H groups in total. The number of rotatable bonds is 4. The van der Waals surface area contributed by atoms with Crippen molar-refractivity contribution in [3.63, 3.8) is 0 Å². The number of benzene rings is 2. The molecule has 0 aromatic heterocycles. The molecule has 0 aliphatic carbocycles. The van der Waals surface area contributed by atoms with E-state index in [0.29, 0.717) is 12.1 Å². The first kappa shape index (κ1) is 20.3. The summed E-state index contributed by atoms with van der Waals surface area (Å²) in [6.07, 6.45) is -11.3. The van der Waals surface area contributed by atoms with Crippen LogP contribution in [0.2, 0.25) is 0 Å². The van der Waals surface area contributed by atoms with Gasteiger partial charge in [-0.3, -0.25) is 0 Å². The second kappa shape index (κ2) is 6.93. The molecule has 0 aliphatic rings. The highest BCUT2D eigenvalue weighted by Crippen LogP contribution is 2.38. The summed E-state index contributed by atoms with van der Waals surface area (Å²) in [5.41, 5.74) is -6.52. The number of halogens is 6. The highest BCUT2D eigenvalue weighted by Gasteiger charge is 2.38. The van der Waals surface area contributed by atoms with Crippen LogP contribution >= 0.6 is 0 Å². The van der Waals surface area contributed by atoms with E-state index in [1.165, 1.54) is 0 Å². The van der Waals surface area contributed by atoms with E-state index >= 15 is 0 Å². The third kappa shape index (κ3) is 4.21. The lowest BCUT2D eigenvalue weighted by Crippen LogP contribution is -2.18. The van der Waals surface area contributed by atoms with Gasteiger partial charge in [0.2, 0.25) is 0 Å². The highest BCUT2D eigenvalue weighted by molar-refractivity contribution is 5.92. The number of hydrogen-bond donors (Lipinski definition) is 2. The molecule has 0 aliphatic heterocycles. The Kier molecular flexibility index (Phi) is 5.21. The number of carboxylic acids is 2. The summed E-state index contributed by atoms with van der Waals surface area (Å²) in [6.45, 7) is 0. The van der Waals surface area contributed by atoms with E-state index < -0.39 is 64.1 Å². The molecule has 0 heterocycles. The van der Waals surface area contributed by atoms with Gasteiger partial charge in [-0.1, -0.05) is 12.1 Å². The summed E-state index contributed by atoms with van der Waals surface area (Å²) < 4.78 is 79.5. The zero-order valence-corrected chi connectivity index (χ0v) is 13.1. The van der Waals surface area contributed by atoms with Gasteiger partial charge in [0.1, 0.15) is 0 Å². The van der Waals surface area contributed by atoms with Gasteiger partial charge < -0.3 is 10.2 Å². The third-order valence-corrected chi connectivity index (χ3v) is 3.78. The zero-order chi connectivity index (χ0) is 20.6. The van der Waals surface area contributed by atoms with Gasteiger partial charge in [0, 0.05) is 6.42 Å². The normalized spacial score (nSPS) is 12.1. The van der Waals surface area contributed by atoms with Crippen LogP contribution in [0.3, 0.4) is 0 Å². The Bertz CT molecular complexity index is 826. The first-order valence-electron chi connectivity index (χ1n) is 7.18. The molecule has 144 valence electrons. The number of hydrogen-bond acceptors (Lipinski definition) is 2. The molecule has 0 saturated heterocycles. The summed E-state index contributed by atoms with van der Waals surface area (Å²) >= 11 is 0. The van der Waals surface area contributed by atoms with Crippen molar-refractivity contribution >= 4 is 11.9 Å². The largest absolute Gasteiger partial charge is 0.478 e. The summed E-state index contributed by atoms with van der Waals surface area (Å²) in [5.74, 6) is -3.56. The average molecular weight is 392 g/mol. The first-order valence-corrected chi connectivity index (χ1v) is 7.18. The quantitative estimate of drug-likeness (QED) is 0.739. The molecule has 27 heavy (non-hydrogen) atoms. The molecule has 2 rings (SSSR count). The SMILES string of the molecule is O=C(O)c1cccc(C(F)(F)F)c1Cc1c(C(=O)O)cccc1C(F)(F)F. The van der Waals surface area contributed by atoms with Crippen molar-refractivity contribution in [2.24, 2.45) is 0 Å². The fraction of sp³-hybridized carbons (Fsp3) is 0.176. The topological polar surface area (TPSA) is 74.6 Å². The number of alkyl halides is 6. The maximum absolute atomic E-state index is 13.3. The molecule has 4 nitrogen and oxygen atoms in total. The van der Waals surface area contributed by atoms with E-state index in [1.807, 2.05) is 0 Å². The number of aromatic carboxylic acids is 2. The van der Waals surface area contributed by atoms with Crippen molar-refractivity contribution in [3.05, 3.63) is 69.8 Å². The van der Waals surface area contributed by atoms with Crippen molar-refractivity contribution in [3.8, 4) is 0 Å². The minimum absolute atomic E-state index is 0.526. The Labute approximate surface area is 147 Å². The molecule has 0 amide bonds. The molecular formula is C17H10F6O4. The van der Waals surface area contributed by atoms with Crippen LogP contribution in [0.4, 0.5) is 26.3 Å². The predicted octanol–water partition coefficient (Wildman–Crippen LogP) is 4.71. The average Bonchev–Trinajstić information content (AvgIpc) is 2.52. The number of carbonyl (C=O) groups is 2. The van der Waals surface area contributed by atoms with Gasteiger partial charge in [-0.05, 0) is 35.4 Å². The van der Waals surface area contributed by atoms with Crippen molar-refractivity contribution in [2.75, 3.05) is 0 Å². The smallest absolute Gasteiger partial charge is 0.416 e. The van der Waals surface area contributed by atoms with Crippen LogP contribution in [0, 0.1) is 0 Å². The van der Waals surface area contributed by atoms with Crippen molar-refractivity contribution in [1.82, 2.24) is 0 Å². The first-order chi connectivity index (χ1) is 12.3. The van der Waals surface area contributed by atoms with E-state index in [1.54, 1.807) is 0 Å². The Hall–Kier alpha value is -3.04. The lowest BCUT2D eigenvalue weighted by molar-refractivity contribution is -0.138. The fourth-order valence-electron chi connectivity index (χ4n) is 2.66. The predicted molar refractivity (Wildman–Crippen MR) is 79.6 cm³/mol. The molecule has 0 radical (unpaired) electrons. The minimum atomic E-state index is -5.04. The molecule has 0 spiro atoms. The molecular weight excluding hydrogens is 382 g/mol. The maximum Gasteiger partial charge on any atom is 0.416 e. The maximum atomic E-state index is 13.3. The van der Waals surface area contributed by atoms with Crippen LogP contribution in [0.5, 0.6) is 0 Å². The van der Waals surface area contributed by atoms with Gasteiger partial charge in [0.05, 0.1) is 22.3 Å². The number of carboxylic acid groups (broad SMARTS) is 2. The summed E-state index contributed by atoms with van der Waals surface area (Å²) in [7, 11) is 0. The van der Waals surface area contributed by atoms with E-state index in [9.17, 15) is 35.9 Å². The van der Waals surface area contributed by atoms with E-state index in [2.05, 4.69) is 0 Å². The van der Waals surface area contributed by atoms with Gasteiger partial charge in [-0.2, -0.15) is 26.3 Å². The van der Waals surface area contributed by atoms with Gasteiger partial charge in [-0.15, -0.1) is 0 Å². The van der Waals surface area contributed by atoms with Crippen LogP contribution in [-0.4, -0.2) is 22.2 Å². The fourth-order valence-corrected chi connectivity index (χ4v) is 2.66. The monoisotopic (exact) mass is 392 g/mol.